The van der Waals surface area contributed by atoms with Gasteiger partial charge in [0.25, 0.3) is 10.1 Å². The molecule has 0 saturated heterocycles. The van der Waals surface area contributed by atoms with Gasteiger partial charge < -0.3 is 5.73 Å². The number of benzene rings is 4. The van der Waals surface area contributed by atoms with Crippen molar-refractivity contribution < 1.29 is 13.0 Å². The Labute approximate surface area is 217 Å². The molecule has 0 aliphatic carbocycles. The molecule has 2 heterocycles. The van der Waals surface area contributed by atoms with Crippen molar-refractivity contribution in [1.82, 2.24) is 4.98 Å². The lowest BCUT2D eigenvalue weighted by Gasteiger charge is -2.16. The number of hydrogen-bond acceptors (Lipinski definition) is 7. The molecule has 5 N–H and O–H groups in total. The fraction of sp³-hybridized carbons (Fsp3) is 0.0357. The van der Waals surface area contributed by atoms with Crippen LogP contribution in [-0.2, 0) is 10.1 Å². The summed E-state index contributed by atoms with van der Waals surface area (Å²) in [5.41, 5.74) is 16.6. The lowest BCUT2D eigenvalue weighted by Crippen LogP contribution is -2.12. The van der Waals surface area contributed by atoms with E-state index in [-0.39, 0.29) is 4.90 Å². The van der Waals surface area contributed by atoms with E-state index in [9.17, 15) is 13.0 Å². The zero-order chi connectivity index (χ0) is 25.7. The maximum absolute atomic E-state index is 12.0. The third-order valence-corrected chi connectivity index (χ3v) is 8.52. The van der Waals surface area contributed by atoms with Gasteiger partial charge in [0.1, 0.15) is 4.90 Å². The average molecular weight is 527 g/mol. The molecule has 37 heavy (non-hydrogen) atoms. The Morgan fingerprint density at radius 1 is 0.865 bits per heavy atom. The van der Waals surface area contributed by atoms with Crippen LogP contribution in [0.4, 0.5) is 17.1 Å². The van der Waals surface area contributed by atoms with Gasteiger partial charge in [-0.1, -0.05) is 60.7 Å². The van der Waals surface area contributed by atoms with Crippen LogP contribution in [0.2, 0.25) is 0 Å². The number of rotatable bonds is 5. The second kappa shape index (κ2) is 8.74. The van der Waals surface area contributed by atoms with E-state index in [4.69, 9.17) is 10.7 Å². The summed E-state index contributed by atoms with van der Waals surface area (Å²) in [6, 6.07) is 24.7. The Bertz CT molecular complexity index is 1950. The fourth-order valence-corrected chi connectivity index (χ4v) is 6.62. The third-order valence-electron chi connectivity index (χ3n) is 6.41. The SMILES string of the molecule is Cc1cc(NNc2cc(S(=O)(=O)O)c3ccccc3c2N)cnc1-c1cccc2c1sc1ccccc12. The van der Waals surface area contributed by atoms with Gasteiger partial charge in [0, 0.05) is 36.5 Å². The second-order valence-corrected chi connectivity index (χ2v) is 11.2. The summed E-state index contributed by atoms with van der Waals surface area (Å²) < 4.78 is 36.2. The Morgan fingerprint density at radius 3 is 2.32 bits per heavy atom. The molecule has 2 aromatic heterocycles. The first kappa shape index (κ1) is 23.2. The first-order valence-electron chi connectivity index (χ1n) is 11.5. The number of anilines is 3. The third kappa shape index (κ3) is 4.03. The molecule has 9 heteroatoms. The molecule has 184 valence electrons. The van der Waals surface area contributed by atoms with Gasteiger partial charge in [0.05, 0.1) is 29.0 Å². The molecule has 6 aromatic rings. The Balaban J connectivity index is 1.34. The van der Waals surface area contributed by atoms with Crippen LogP contribution < -0.4 is 16.6 Å². The molecular formula is C28H22N4O3S2. The van der Waals surface area contributed by atoms with E-state index < -0.39 is 10.1 Å². The van der Waals surface area contributed by atoms with E-state index in [1.807, 2.05) is 13.0 Å². The summed E-state index contributed by atoms with van der Waals surface area (Å²) in [4.78, 5) is 4.53. The summed E-state index contributed by atoms with van der Waals surface area (Å²) >= 11 is 1.76. The lowest BCUT2D eigenvalue weighted by molar-refractivity contribution is 0.484. The predicted octanol–water partition coefficient (Wildman–Crippen LogP) is 6.85. The highest BCUT2D eigenvalue weighted by atomic mass is 32.2. The number of nitrogens with one attached hydrogen (secondary N) is 2. The summed E-state index contributed by atoms with van der Waals surface area (Å²) in [6.07, 6.45) is 1.71. The van der Waals surface area contributed by atoms with Crippen LogP contribution in [0.15, 0.2) is 90.0 Å². The molecule has 6 rings (SSSR count). The van der Waals surface area contributed by atoms with Crippen molar-refractivity contribution in [3.8, 4) is 11.3 Å². The molecule has 7 nitrogen and oxygen atoms in total. The Hall–Kier alpha value is -4.18. The van der Waals surface area contributed by atoms with Crippen LogP contribution >= 0.6 is 11.3 Å². The quantitative estimate of drug-likeness (QED) is 0.110. The van der Waals surface area contributed by atoms with E-state index in [2.05, 4.69) is 53.3 Å². The molecule has 0 unspecified atom stereocenters. The molecule has 4 aromatic carbocycles. The highest BCUT2D eigenvalue weighted by molar-refractivity contribution is 7.86. The molecule has 0 spiro atoms. The van der Waals surface area contributed by atoms with E-state index in [1.54, 1.807) is 41.8 Å². The number of hydrazine groups is 1. The van der Waals surface area contributed by atoms with E-state index in [1.165, 1.54) is 26.2 Å². The summed E-state index contributed by atoms with van der Waals surface area (Å²) in [7, 11) is -4.46. The first-order chi connectivity index (χ1) is 17.8. The normalized spacial score (nSPS) is 11.8. The number of aryl methyl sites for hydroxylation is 1. The largest absolute Gasteiger partial charge is 0.396 e. The minimum absolute atomic E-state index is 0.220. The standard InChI is InChI=1S/C28H22N4O3S2/c1-16-13-17(31-32-23-14-25(37(33,34)35)19-8-2-3-9-20(19)26(23)29)15-30-27(16)22-11-6-10-21-18-7-4-5-12-24(18)36-28(21)22/h2-15,31-32H,29H2,1H3,(H,33,34,35). The van der Waals surface area contributed by atoms with Crippen molar-refractivity contribution in [3.63, 3.8) is 0 Å². The number of hydrogen-bond donors (Lipinski definition) is 4. The van der Waals surface area contributed by atoms with Crippen molar-refractivity contribution in [2.45, 2.75) is 11.8 Å². The maximum Gasteiger partial charge on any atom is 0.295 e. The maximum atomic E-state index is 12.0. The van der Waals surface area contributed by atoms with E-state index in [0.717, 1.165) is 16.8 Å². The molecule has 0 radical (unpaired) electrons. The number of nitrogen functional groups attached to an aromatic ring is 1. The van der Waals surface area contributed by atoms with Crippen LogP contribution in [0.3, 0.4) is 0 Å². The van der Waals surface area contributed by atoms with Crippen LogP contribution in [0, 0.1) is 6.92 Å². The number of nitrogens with two attached hydrogens (primary N) is 1. The van der Waals surface area contributed by atoms with Crippen molar-refractivity contribution in [1.29, 1.82) is 0 Å². The number of pyridine rings is 1. The molecule has 0 bridgehead atoms. The molecule has 0 saturated carbocycles. The minimum atomic E-state index is -4.46. The van der Waals surface area contributed by atoms with Crippen LogP contribution in [0.25, 0.3) is 42.2 Å². The lowest BCUT2D eigenvalue weighted by atomic mass is 10.0. The highest BCUT2D eigenvalue weighted by Gasteiger charge is 2.19. The molecule has 0 atom stereocenters. The predicted molar refractivity (Wildman–Crippen MR) is 153 cm³/mol. The van der Waals surface area contributed by atoms with Crippen LogP contribution in [0.5, 0.6) is 0 Å². The van der Waals surface area contributed by atoms with Crippen LogP contribution in [-0.4, -0.2) is 18.0 Å². The Morgan fingerprint density at radius 2 is 1.57 bits per heavy atom. The average Bonchev–Trinajstić information content (AvgIpc) is 3.27. The monoisotopic (exact) mass is 526 g/mol. The van der Waals surface area contributed by atoms with Gasteiger partial charge in [-0.3, -0.25) is 20.4 Å². The topological polar surface area (TPSA) is 117 Å². The number of fused-ring (bicyclic) bond motifs is 4. The van der Waals surface area contributed by atoms with Gasteiger partial charge in [0.2, 0.25) is 0 Å². The smallest absolute Gasteiger partial charge is 0.295 e. The molecule has 0 aliphatic rings. The first-order valence-corrected chi connectivity index (χ1v) is 13.7. The zero-order valence-corrected chi connectivity index (χ0v) is 21.3. The molecular weight excluding hydrogens is 504 g/mol. The molecule has 0 fully saturated rings. The van der Waals surface area contributed by atoms with Crippen molar-refractivity contribution in [3.05, 3.63) is 90.6 Å². The van der Waals surface area contributed by atoms with Crippen molar-refractivity contribution in [2.75, 3.05) is 16.6 Å². The molecule has 0 aliphatic heterocycles. The van der Waals surface area contributed by atoms with Crippen LogP contribution in [0.1, 0.15) is 5.56 Å². The zero-order valence-electron chi connectivity index (χ0n) is 19.7. The van der Waals surface area contributed by atoms with E-state index >= 15 is 0 Å². The number of nitrogens with zero attached hydrogens (tertiary/aromatic N) is 1. The Kier molecular flexibility index (Phi) is 5.49. The van der Waals surface area contributed by atoms with Gasteiger partial charge in [-0.25, -0.2) is 0 Å². The summed E-state index contributed by atoms with van der Waals surface area (Å²) in [6.45, 7) is 2.00. The van der Waals surface area contributed by atoms with Crippen molar-refractivity contribution >= 4 is 69.5 Å². The highest BCUT2D eigenvalue weighted by Crippen LogP contribution is 2.40. The minimum Gasteiger partial charge on any atom is -0.396 e. The van der Waals surface area contributed by atoms with Crippen molar-refractivity contribution in [2.24, 2.45) is 0 Å². The second-order valence-electron chi connectivity index (χ2n) is 8.78. The fourth-order valence-electron chi connectivity index (χ4n) is 4.68. The van der Waals surface area contributed by atoms with Gasteiger partial charge in [0.15, 0.2) is 0 Å². The van der Waals surface area contributed by atoms with E-state index in [0.29, 0.717) is 27.8 Å². The number of aromatic nitrogens is 1. The van der Waals surface area contributed by atoms with Gasteiger partial charge in [-0.05, 0) is 30.7 Å². The summed E-state index contributed by atoms with van der Waals surface area (Å²) in [5, 5.41) is 3.32. The van der Waals surface area contributed by atoms with Gasteiger partial charge >= 0.3 is 0 Å². The van der Waals surface area contributed by atoms with Gasteiger partial charge in [-0.15, -0.1) is 11.3 Å². The van der Waals surface area contributed by atoms with Gasteiger partial charge in [-0.2, -0.15) is 8.42 Å². The summed E-state index contributed by atoms with van der Waals surface area (Å²) in [5.74, 6) is 0. The molecule has 0 amide bonds. The number of thiophene rings is 1.